The van der Waals surface area contributed by atoms with Crippen molar-refractivity contribution in [3.05, 3.63) is 210 Å². The molecule has 0 fully saturated rings. The van der Waals surface area contributed by atoms with Crippen LogP contribution in [0.15, 0.2) is 179 Å². The molecule has 1 aliphatic carbocycles. The molecule has 1 aliphatic rings. The van der Waals surface area contributed by atoms with Crippen molar-refractivity contribution in [2.45, 2.75) is 47.0 Å². The van der Waals surface area contributed by atoms with Crippen LogP contribution >= 0.6 is 0 Å². The third kappa shape index (κ3) is 7.35. The number of benzene rings is 5. The maximum absolute atomic E-state index is 6.30. The molecule has 5 heterocycles. The van der Waals surface area contributed by atoms with Gasteiger partial charge in [-0.2, -0.15) is 9.97 Å². The van der Waals surface area contributed by atoms with Crippen molar-refractivity contribution in [1.82, 2.24) is 24.1 Å². The van der Waals surface area contributed by atoms with E-state index in [1.807, 2.05) is 68.5 Å². The Bertz CT molecular complexity index is 3610. The van der Waals surface area contributed by atoms with Crippen LogP contribution in [0.5, 0.6) is 0 Å². The number of para-hydroxylation sites is 3. The summed E-state index contributed by atoms with van der Waals surface area (Å²) < 4.78 is 17.1. The molecule has 0 radical (unpaired) electrons. The summed E-state index contributed by atoms with van der Waals surface area (Å²) in [5.41, 5.74) is 11.8. The predicted octanol–water partition coefficient (Wildman–Crippen LogP) is 15.3. The molecule has 65 heavy (non-hydrogen) atoms. The van der Waals surface area contributed by atoms with Gasteiger partial charge in [0, 0.05) is 61.7 Å². The fourth-order valence-corrected chi connectivity index (χ4v) is 9.11. The lowest BCUT2D eigenvalue weighted by Crippen LogP contribution is -2.12. The van der Waals surface area contributed by atoms with Crippen molar-refractivity contribution in [2.75, 3.05) is 0 Å². The largest absolute Gasteiger partial charge is 0.460 e. The second-order valence-electron chi connectivity index (χ2n) is 16.1. The lowest BCUT2D eigenvalue weighted by molar-refractivity contribution is 0.563. The minimum Gasteiger partial charge on any atom is -0.460 e. The molecule has 0 aliphatic heterocycles. The highest BCUT2D eigenvalue weighted by atomic mass is 16.3. The van der Waals surface area contributed by atoms with Gasteiger partial charge in [0.05, 0.1) is 17.0 Å². The molecule has 7 nitrogen and oxygen atoms in total. The number of furan rings is 2. The van der Waals surface area contributed by atoms with Crippen molar-refractivity contribution in [1.29, 1.82) is 0 Å². The molecule has 0 bridgehead atoms. The van der Waals surface area contributed by atoms with E-state index in [0.717, 1.165) is 94.2 Å². The zero-order valence-corrected chi connectivity index (χ0v) is 37.3. The zero-order chi connectivity index (χ0) is 44.6. The van der Waals surface area contributed by atoms with E-state index in [4.69, 9.17) is 23.8 Å². The number of allylic oxidation sites excluding steroid dienone is 5. The number of fused-ring (bicyclic) bond motifs is 8. The van der Waals surface area contributed by atoms with Gasteiger partial charge in [-0.05, 0) is 74.7 Å². The number of aromatic nitrogens is 5. The topological polar surface area (TPSA) is 74.8 Å². The standard InChI is InChI=1S/C56H43N5O2.C2H6/c1-5-6-18-42-36(3)61(53-37(4)60(41-30-26-35(2)27-31-41)48-22-10-7-15-38(48)16-13-21-46(42)53)56-58-54(39-17-14-25-51-45(32-28-39)43-19-8-11-23-49(43)62-51)57-55(59-56)40-29-33-52-47(34-40)44-20-9-12-24-50(44)63-52;1-2/h5-24,26-34,39H,1,25H2,2-4H3;1-2H3/b16-13?,17-14-,18-6-,32-28?,46-21?,53-37?;. The van der Waals surface area contributed by atoms with Gasteiger partial charge in [0.25, 0.3) is 0 Å². The Kier molecular flexibility index (Phi) is 10.9. The Labute approximate surface area is 378 Å². The Balaban J connectivity index is 0.00000246. The molecule has 1 unspecified atom stereocenters. The minimum atomic E-state index is -0.262. The smallest absolute Gasteiger partial charge is 0.238 e. The quantitative estimate of drug-likeness (QED) is 0.123. The van der Waals surface area contributed by atoms with Gasteiger partial charge in [-0.1, -0.05) is 153 Å². The molecule has 5 aromatic carbocycles. The molecular formula is C58H49N5O2. The maximum Gasteiger partial charge on any atom is 0.238 e. The predicted molar refractivity (Wildman–Crippen MR) is 269 cm³/mol. The van der Waals surface area contributed by atoms with E-state index in [9.17, 15) is 0 Å². The molecule has 0 amide bonds. The molecule has 5 aromatic heterocycles. The number of aryl methyl sites for hydroxylation is 2. The first-order chi connectivity index (χ1) is 31.9. The summed E-state index contributed by atoms with van der Waals surface area (Å²) in [5.74, 6) is 2.39. The summed E-state index contributed by atoms with van der Waals surface area (Å²) in [7, 11) is 0. The Hall–Kier alpha value is -8.03. The molecule has 0 saturated carbocycles. The number of hydrogen-bond acceptors (Lipinski definition) is 5. The molecule has 318 valence electrons. The summed E-state index contributed by atoms with van der Waals surface area (Å²) >= 11 is 0. The van der Waals surface area contributed by atoms with Gasteiger partial charge >= 0.3 is 0 Å². The Morgan fingerprint density at radius 3 is 2.17 bits per heavy atom. The molecular weight excluding hydrogens is 799 g/mol. The monoisotopic (exact) mass is 847 g/mol. The molecule has 10 aromatic rings. The first-order valence-electron chi connectivity index (χ1n) is 22.3. The van der Waals surface area contributed by atoms with Crippen molar-refractivity contribution in [3.63, 3.8) is 0 Å². The fraction of sp³-hybridized carbons (Fsp3) is 0.121. The van der Waals surface area contributed by atoms with Crippen molar-refractivity contribution >= 4 is 66.9 Å². The third-order valence-electron chi connectivity index (χ3n) is 12.2. The highest BCUT2D eigenvalue weighted by Gasteiger charge is 2.23. The summed E-state index contributed by atoms with van der Waals surface area (Å²) in [6.07, 6.45) is 15.3. The minimum absolute atomic E-state index is 0.262. The molecule has 0 saturated heterocycles. The summed E-state index contributed by atoms with van der Waals surface area (Å²) in [6.45, 7) is 14.5. The van der Waals surface area contributed by atoms with Crippen LogP contribution in [-0.4, -0.2) is 24.1 Å². The van der Waals surface area contributed by atoms with Crippen LogP contribution in [-0.2, 0) is 6.42 Å². The fourth-order valence-electron chi connectivity index (χ4n) is 9.11. The number of hydrogen-bond donors (Lipinski definition) is 0. The molecule has 0 spiro atoms. The molecule has 0 N–H and O–H groups in total. The van der Waals surface area contributed by atoms with Gasteiger partial charge in [0.2, 0.25) is 5.95 Å². The third-order valence-corrected chi connectivity index (χ3v) is 12.2. The first kappa shape index (κ1) is 41.0. The van der Waals surface area contributed by atoms with E-state index in [2.05, 4.69) is 158 Å². The lowest BCUT2D eigenvalue weighted by Gasteiger charge is -2.17. The van der Waals surface area contributed by atoms with E-state index in [1.54, 1.807) is 0 Å². The van der Waals surface area contributed by atoms with Crippen LogP contribution in [0.2, 0.25) is 0 Å². The average Bonchev–Trinajstić information content (AvgIpc) is 3.98. The molecule has 11 rings (SSSR count). The van der Waals surface area contributed by atoms with Gasteiger partial charge in [-0.15, -0.1) is 0 Å². The Morgan fingerprint density at radius 2 is 1.35 bits per heavy atom. The number of rotatable bonds is 6. The van der Waals surface area contributed by atoms with Crippen LogP contribution in [0.3, 0.4) is 0 Å². The van der Waals surface area contributed by atoms with Gasteiger partial charge in [0.1, 0.15) is 28.3 Å². The lowest BCUT2D eigenvalue weighted by atomic mass is 9.99. The molecule has 7 heteroatoms. The van der Waals surface area contributed by atoms with Crippen LogP contribution in [0.25, 0.3) is 89.9 Å². The summed E-state index contributed by atoms with van der Waals surface area (Å²) in [4.78, 5) is 16.2. The van der Waals surface area contributed by atoms with Gasteiger partial charge in [-0.3, -0.25) is 4.57 Å². The SMILES string of the molecule is C=C/C=C\c1c(C)n(-c2nc(-c3ccc4oc5ccccc5c4c3)nc(C3C=Cc4c(oc5ccccc45)C/C=C\3)n2)c2c(C)n(-c3ccc(C)cc3)c3ccccc3cccc12.CC. The van der Waals surface area contributed by atoms with E-state index in [1.165, 1.54) is 5.56 Å². The van der Waals surface area contributed by atoms with E-state index >= 15 is 0 Å². The van der Waals surface area contributed by atoms with Crippen LogP contribution in [0, 0.1) is 20.8 Å². The second kappa shape index (κ2) is 17.3. The second-order valence-corrected chi connectivity index (χ2v) is 16.1. The van der Waals surface area contributed by atoms with Gasteiger partial charge < -0.3 is 13.4 Å². The van der Waals surface area contributed by atoms with Crippen molar-refractivity contribution in [3.8, 4) is 23.0 Å². The van der Waals surface area contributed by atoms with Crippen LogP contribution in [0.1, 0.15) is 59.4 Å². The van der Waals surface area contributed by atoms with Crippen molar-refractivity contribution in [2.24, 2.45) is 0 Å². The van der Waals surface area contributed by atoms with E-state index in [-0.39, 0.29) is 5.92 Å². The zero-order valence-electron chi connectivity index (χ0n) is 37.3. The highest BCUT2D eigenvalue weighted by Crippen LogP contribution is 2.37. The summed E-state index contributed by atoms with van der Waals surface area (Å²) in [5, 5.41) is 5.28. The highest BCUT2D eigenvalue weighted by molar-refractivity contribution is 6.06. The van der Waals surface area contributed by atoms with Crippen LogP contribution < -0.4 is 0 Å². The van der Waals surface area contributed by atoms with E-state index in [0.29, 0.717) is 24.0 Å². The summed E-state index contributed by atoms with van der Waals surface area (Å²) in [6, 6.07) is 46.3. The number of nitrogens with zero attached hydrogens (tertiary/aromatic N) is 5. The Morgan fingerprint density at radius 1 is 0.646 bits per heavy atom. The average molecular weight is 848 g/mol. The van der Waals surface area contributed by atoms with Gasteiger partial charge in [-0.25, -0.2) is 4.98 Å². The van der Waals surface area contributed by atoms with E-state index < -0.39 is 0 Å². The normalized spacial score (nSPS) is 14.1. The first-order valence-corrected chi connectivity index (χ1v) is 22.3. The maximum atomic E-state index is 6.30. The van der Waals surface area contributed by atoms with Crippen molar-refractivity contribution < 1.29 is 8.83 Å². The van der Waals surface area contributed by atoms with Crippen LogP contribution in [0.4, 0.5) is 0 Å². The van der Waals surface area contributed by atoms with Gasteiger partial charge in [0.15, 0.2) is 5.82 Å². The molecule has 1 atom stereocenters.